The van der Waals surface area contributed by atoms with Crippen molar-refractivity contribution in [3.05, 3.63) is 53.6 Å². The van der Waals surface area contributed by atoms with E-state index in [1.807, 2.05) is 32.9 Å². The quantitative estimate of drug-likeness (QED) is 0.403. The lowest BCUT2D eigenvalue weighted by atomic mass is 9.97. The molecule has 0 saturated carbocycles. The molecule has 1 saturated heterocycles. The molecule has 6 nitrogen and oxygen atoms in total. The Morgan fingerprint density at radius 1 is 0.818 bits per heavy atom. The molecule has 0 aliphatic carbocycles. The van der Waals surface area contributed by atoms with E-state index in [2.05, 4.69) is 40.1 Å². The molecule has 8 heteroatoms. The molecule has 0 amide bonds. The molecule has 1 heterocycles. The van der Waals surface area contributed by atoms with E-state index in [-0.39, 0.29) is 30.8 Å². The molecule has 0 radical (unpaired) electrons. The third-order valence-electron chi connectivity index (χ3n) is 5.50. The zero-order valence-electron chi connectivity index (χ0n) is 20.1. The summed E-state index contributed by atoms with van der Waals surface area (Å²) in [5, 5.41) is 0. The summed E-state index contributed by atoms with van der Waals surface area (Å²) >= 11 is 0. The first kappa shape index (κ1) is 29.0. The fourth-order valence-corrected chi connectivity index (χ4v) is 3.61. The molecule has 0 N–H and O–H groups in total. The van der Waals surface area contributed by atoms with E-state index in [1.165, 1.54) is 5.56 Å². The molecule has 3 rings (SSSR count). The molecular formula is C25H36Cl2N2O4. The normalized spacial score (nSPS) is 14.6. The minimum atomic E-state index is -0.617. The number of ether oxygens (including phenoxy) is 3. The Morgan fingerprint density at radius 3 is 1.91 bits per heavy atom. The van der Waals surface area contributed by atoms with Crippen LogP contribution < -0.4 is 14.2 Å². The molecule has 1 fully saturated rings. The van der Waals surface area contributed by atoms with Gasteiger partial charge in [0, 0.05) is 44.8 Å². The number of piperazine rings is 1. The van der Waals surface area contributed by atoms with Crippen LogP contribution in [0.5, 0.6) is 17.2 Å². The minimum absolute atomic E-state index is 0. The van der Waals surface area contributed by atoms with Crippen molar-refractivity contribution >= 4 is 30.8 Å². The number of esters is 1. The van der Waals surface area contributed by atoms with Crippen LogP contribution in [-0.2, 0) is 17.9 Å². The number of carbonyl (C=O) groups excluding carboxylic acids is 1. The number of halogens is 2. The van der Waals surface area contributed by atoms with Crippen LogP contribution in [0.4, 0.5) is 0 Å². The zero-order chi connectivity index (χ0) is 22.4. The summed E-state index contributed by atoms with van der Waals surface area (Å²) in [7, 11) is 3.15. The maximum Gasteiger partial charge on any atom is 0.316 e. The summed E-state index contributed by atoms with van der Waals surface area (Å²) in [5.74, 6) is 1.16. The highest BCUT2D eigenvalue weighted by atomic mass is 35.5. The molecule has 0 bridgehead atoms. The predicted molar refractivity (Wildman–Crippen MR) is 136 cm³/mol. The van der Waals surface area contributed by atoms with Gasteiger partial charge in [0.1, 0.15) is 0 Å². The van der Waals surface area contributed by atoms with Gasteiger partial charge in [-0.2, -0.15) is 0 Å². The van der Waals surface area contributed by atoms with Gasteiger partial charge in [0.15, 0.2) is 11.5 Å². The standard InChI is InChI=1S/C25H34N2O4.2ClH/c1-25(2,3)24(28)31-22-20(11-12-21(29-4)23(22)30-5)18-27-15-13-26(14-16-27)17-19-9-7-6-8-10-19;;/h6-12H,13-18H2,1-5H3;2*1H. The van der Waals surface area contributed by atoms with Crippen LogP contribution in [-0.4, -0.2) is 56.2 Å². The molecule has 1 aliphatic rings. The van der Waals surface area contributed by atoms with Gasteiger partial charge in [0.05, 0.1) is 19.6 Å². The van der Waals surface area contributed by atoms with Gasteiger partial charge in [-0.1, -0.05) is 36.4 Å². The van der Waals surface area contributed by atoms with E-state index in [0.29, 0.717) is 23.8 Å². The Morgan fingerprint density at radius 2 is 1.39 bits per heavy atom. The summed E-state index contributed by atoms with van der Waals surface area (Å²) < 4.78 is 16.8. The fourth-order valence-electron chi connectivity index (χ4n) is 3.61. The Labute approximate surface area is 210 Å². The summed E-state index contributed by atoms with van der Waals surface area (Å²) in [6.07, 6.45) is 0. The van der Waals surface area contributed by atoms with E-state index in [4.69, 9.17) is 14.2 Å². The van der Waals surface area contributed by atoms with Crippen molar-refractivity contribution in [2.75, 3.05) is 40.4 Å². The molecule has 184 valence electrons. The number of hydrogen-bond donors (Lipinski definition) is 0. The summed E-state index contributed by atoms with van der Waals surface area (Å²) in [6.45, 7) is 11.1. The highest BCUT2D eigenvalue weighted by molar-refractivity contribution is 5.85. The molecule has 0 aromatic heterocycles. The molecule has 2 aromatic rings. The highest BCUT2D eigenvalue weighted by Gasteiger charge is 2.28. The molecular weight excluding hydrogens is 463 g/mol. The highest BCUT2D eigenvalue weighted by Crippen LogP contribution is 2.41. The molecule has 0 spiro atoms. The Balaban J connectivity index is 0.00000272. The van der Waals surface area contributed by atoms with E-state index in [0.717, 1.165) is 38.3 Å². The largest absolute Gasteiger partial charge is 0.493 e. The average molecular weight is 499 g/mol. The molecule has 1 aliphatic heterocycles. The van der Waals surface area contributed by atoms with Gasteiger partial charge in [-0.25, -0.2) is 0 Å². The van der Waals surface area contributed by atoms with E-state index in [1.54, 1.807) is 14.2 Å². The van der Waals surface area contributed by atoms with Gasteiger partial charge in [-0.3, -0.25) is 14.6 Å². The topological polar surface area (TPSA) is 51.2 Å². The molecule has 2 aromatic carbocycles. The van der Waals surface area contributed by atoms with Crippen LogP contribution in [0.25, 0.3) is 0 Å². The average Bonchev–Trinajstić information content (AvgIpc) is 2.76. The molecule has 0 unspecified atom stereocenters. The number of carbonyl (C=O) groups is 1. The maximum absolute atomic E-state index is 12.6. The first-order chi connectivity index (χ1) is 14.8. The van der Waals surface area contributed by atoms with E-state index in [9.17, 15) is 4.79 Å². The van der Waals surface area contributed by atoms with Crippen LogP contribution in [0.15, 0.2) is 42.5 Å². The lowest BCUT2D eigenvalue weighted by molar-refractivity contribution is -0.143. The number of nitrogens with zero attached hydrogens (tertiary/aromatic N) is 2. The minimum Gasteiger partial charge on any atom is -0.493 e. The van der Waals surface area contributed by atoms with Crippen molar-refractivity contribution in [1.29, 1.82) is 0 Å². The smallest absolute Gasteiger partial charge is 0.316 e. The Hall–Kier alpha value is -1.99. The molecule has 0 atom stereocenters. The SMILES string of the molecule is COc1ccc(CN2CCN(Cc3ccccc3)CC2)c(OC(=O)C(C)(C)C)c1OC.Cl.Cl. The van der Waals surface area contributed by atoms with Crippen molar-refractivity contribution in [1.82, 2.24) is 9.80 Å². The number of benzene rings is 2. The van der Waals surface area contributed by atoms with Crippen molar-refractivity contribution in [3.63, 3.8) is 0 Å². The fraction of sp³-hybridized carbons (Fsp3) is 0.480. The number of methoxy groups -OCH3 is 2. The summed E-state index contributed by atoms with van der Waals surface area (Å²) in [5.41, 5.74) is 1.65. The van der Waals surface area contributed by atoms with E-state index < -0.39 is 5.41 Å². The van der Waals surface area contributed by atoms with Crippen LogP contribution in [0.1, 0.15) is 31.9 Å². The lowest BCUT2D eigenvalue weighted by Gasteiger charge is -2.35. The van der Waals surface area contributed by atoms with Gasteiger partial charge >= 0.3 is 5.97 Å². The van der Waals surface area contributed by atoms with Gasteiger partial charge in [0.25, 0.3) is 0 Å². The van der Waals surface area contributed by atoms with Gasteiger partial charge in [0.2, 0.25) is 5.75 Å². The third-order valence-corrected chi connectivity index (χ3v) is 5.50. The first-order valence-electron chi connectivity index (χ1n) is 10.8. The zero-order valence-corrected chi connectivity index (χ0v) is 21.8. The van der Waals surface area contributed by atoms with Crippen molar-refractivity contribution in [2.24, 2.45) is 5.41 Å². The van der Waals surface area contributed by atoms with Gasteiger partial charge in [-0.15, -0.1) is 24.8 Å². The Kier molecular flexibility index (Phi) is 11.5. The second-order valence-corrected chi connectivity index (χ2v) is 8.97. The van der Waals surface area contributed by atoms with Crippen LogP contribution in [0.3, 0.4) is 0 Å². The van der Waals surface area contributed by atoms with Crippen molar-refractivity contribution in [3.8, 4) is 17.2 Å². The number of rotatable bonds is 7. The second kappa shape index (κ2) is 13.0. The van der Waals surface area contributed by atoms with Gasteiger partial charge in [-0.05, 0) is 32.4 Å². The molecule has 33 heavy (non-hydrogen) atoms. The van der Waals surface area contributed by atoms with Crippen molar-refractivity contribution < 1.29 is 19.0 Å². The summed E-state index contributed by atoms with van der Waals surface area (Å²) in [4.78, 5) is 17.5. The Bertz CT molecular complexity index is 880. The maximum atomic E-state index is 12.6. The van der Waals surface area contributed by atoms with Crippen LogP contribution in [0.2, 0.25) is 0 Å². The van der Waals surface area contributed by atoms with Crippen molar-refractivity contribution in [2.45, 2.75) is 33.9 Å². The first-order valence-corrected chi connectivity index (χ1v) is 10.8. The monoisotopic (exact) mass is 498 g/mol. The second-order valence-electron chi connectivity index (χ2n) is 8.97. The van der Waals surface area contributed by atoms with E-state index >= 15 is 0 Å². The van der Waals surface area contributed by atoms with Gasteiger partial charge < -0.3 is 14.2 Å². The predicted octanol–water partition coefficient (Wildman–Crippen LogP) is 4.82. The lowest BCUT2D eigenvalue weighted by Crippen LogP contribution is -2.45. The number of hydrogen-bond acceptors (Lipinski definition) is 6. The third kappa shape index (κ3) is 7.78. The summed E-state index contributed by atoms with van der Waals surface area (Å²) in [6, 6.07) is 14.4. The van der Waals surface area contributed by atoms with Crippen LogP contribution >= 0.6 is 24.8 Å². The van der Waals surface area contributed by atoms with Crippen LogP contribution in [0, 0.1) is 5.41 Å².